The van der Waals surface area contributed by atoms with E-state index < -0.39 is 11.5 Å². The van der Waals surface area contributed by atoms with Crippen LogP contribution in [0.3, 0.4) is 0 Å². The number of rotatable bonds is 9. The number of nitrogens with one attached hydrogen (secondary N) is 1. The molecule has 5 heteroatoms. The van der Waals surface area contributed by atoms with Crippen molar-refractivity contribution in [2.24, 2.45) is 5.41 Å². The summed E-state index contributed by atoms with van der Waals surface area (Å²) in [5.41, 5.74) is 1.60. The molecule has 0 bridgehead atoms. The van der Waals surface area contributed by atoms with Crippen molar-refractivity contribution in [3.63, 3.8) is 0 Å². The van der Waals surface area contributed by atoms with Gasteiger partial charge in [-0.25, -0.2) is 0 Å². The molecule has 32 heavy (non-hydrogen) atoms. The van der Waals surface area contributed by atoms with Gasteiger partial charge in [-0.05, 0) is 54.8 Å². The second-order valence-electron chi connectivity index (χ2n) is 9.27. The molecule has 2 aromatic carbocycles. The Morgan fingerprint density at radius 1 is 0.969 bits per heavy atom. The van der Waals surface area contributed by atoms with Gasteiger partial charge in [0.05, 0.1) is 11.5 Å². The van der Waals surface area contributed by atoms with Crippen molar-refractivity contribution < 1.29 is 14.6 Å². The molecular weight excluding hydrogens is 400 g/mol. The van der Waals surface area contributed by atoms with Crippen LogP contribution in [-0.4, -0.2) is 22.5 Å². The molecule has 3 rings (SSSR count). The van der Waals surface area contributed by atoms with Gasteiger partial charge >= 0.3 is 0 Å². The summed E-state index contributed by atoms with van der Waals surface area (Å²) in [7, 11) is 0. The fourth-order valence-corrected chi connectivity index (χ4v) is 3.46. The molecule has 2 N–H and O–H groups in total. The van der Waals surface area contributed by atoms with Crippen molar-refractivity contribution in [3.8, 4) is 5.75 Å². The maximum Gasteiger partial charge on any atom is 0.228 e. The summed E-state index contributed by atoms with van der Waals surface area (Å²) < 4.78 is 5.81. The number of hydrogen-bond acceptors (Lipinski definition) is 4. The number of benzene rings is 2. The topological polar surface area (TPSA) is 71.5 Å². The minimum absolute atomic E-state index is 0.198. The van der Waals surface area contributed by atoms with Gasteiger partial charge in [-0.3, -0.25) is 9.78 Å². The van der Waals surface area contributed by atoms with E-state index in [-0.39, 0.29) is 11.3 Å². The molecule has 0 spiro atoms. The minimum Gasteiger partial charge on any atom is -0.489 e. The number of hydrogen-bond donors (Lipinski definition) is 2. The Labute approximate surface area is 190 Å². The van der Waals surface area contributed by atoms with E-state index in [2.05, 4.69) is 24.1 Å². The number of aliphatic hydroxyl groups is 1. The Bertz CT molecular complexity index is 1000. The van der Waals surface area contributed by atoms with Crippen LogP contribution < -0.4 is 10.1 Å². The molecule has 0 aliphatic carbocycles. The van der Waals surface area contributed by atoms with Gasteiger partial charge in [-0.2, -0.15) is 0 Å². The molecular formula is C27H32N2O3. The Morgan fingerprint density at radius 2 is 1.59 bits per heavy atom. The molecule has 0 saturated carbocycles. The highest BCUT2D eigenvalue weighted by Crippen LogP contribution is 2.34. The van der Waals surface area contributed by atoms with E-state index in [9.17, 15) is 9.90 Å². The molecule has 1 heterocycles. The molecule has 1 aromatic heterocycles. The van der Waals surface area contributed by atoms with Crippen molar-refractivity contribution in [2.75, 3.05) is 6.54 Å². The highest BCUT2D eigenvalue weighted by molar-refractivity contribution is 5.82. The lowest BCUT2D eigenvalue weighted by Gasteiger charge is -2.32. The standard InChI is InChI=1S/C27H32N2O3/c1-26(2,22-14-16-28-17-15-22)19-29-25(31)27(3,4)24(30)21-10-12-23(13-11-21)32-18-20-8-6-5-7-9-20/h5-17,24,30H,18-19H2,1-4H3,(H,29,31). The molecule has 0 aliphatic heterocycles. The monoisotopic (exact) mass is 432 g/mol. The van der Waals surface area contributed by atoms with Crippen molar-refractivity contribution in [2.45, 2.75) is 45.8 Å². The van der Waals surface area contributed by atoms with Crippen molar-refractivity contribution in [1.29, 1.82) is 0 Å². The molecule has 3 aromatic rings. The highest BCUT2D eigenvalue weighted by atomic mass is 16.5. The number of pyridine rings is 1. The van der Waals surface area contributed by atoms with Crippen LogP contribution in [0, 0.1) is 5.41 Å². The number of aromatic nitrogens is 1. The molecule has 1 atom stereocenters. The summed E-state index contributed by atoms with van der Waals surface area (Å²) in [4.78, 5) is 17.0. The average Bonchev–Trinajstić information content (AvgIpc) is 2.82. The Balaban J connectivity index is 1.60. The number of carbonyl (C=O) groups is 1. The zero-order valence-electron chi connectivity index (χ0n) is 19.2. The van der Waals surface area contributed by atoms with E-state index in [0.717, 1.165) is 11.1 Å². The van der Waals surface area contributed by atoms with Crippen LogP contribution >= 0.6 is 0 Å². The molecule has 0 saturated heterocycles. The maximum absolute atomic E-state index is 13.0. The van der Waals surface area contributed by atoms with Gasteiger partial charge in [0.15, 0.2) is 0 Å². The second kappa shape index (κ2) is 9.96. The van der Waals surface area contributed by atoms with Gasteiger partial charge in [0, 0.05) is 24.4 Å². The van der Waals surface area contributed by atoms with Gasteiger partial charge in [0.1, 0.15) is 12.4 Å². The summed E-state index contributed by atoms with van der Waals surface area (Å²) in [6.07, 6.45) is 2.55. The smallest absolute Gasteiger partial charge is 0.228 e. The normalized spacial score (nSPS) is 12.8. The first-order valence-electron chi connectivity index (χ1n) is 10.8. The van der Waals surface area contributed by atoms with Crippen LogP contribution in [0.2, 0.25) is 0 Å². The fraction of sp³-hybridized carbons (Fsp3) is 0.333. The molecule has 1 amide bonds. The lowest BCUT2D eigenvalue weighted by atomic mass is 9.80. The summed E-state index contributed by atoms with van der Waals surface area (Å²) in [5, 5.41) is 14.0. The largest absolute Gasteiger partial charge is 0.489 e. The molecule has 0 fully saturated rings. The van der Waals surface area contributed by atoms with E-state index in [1.807, 2.05) is 54.6 Å². The molecule has 1 unspecified atom stereocenters. The van der Waals surface area contributed by atoms with Gasteiger partial charge < -0.3 is 15.2 Å². The molecule has 0 aliphatic rings. The fourth-order valence-electron chi connectivity index (χ4n) is 3.46. The average molecular weight is 433 g/mol. The number of carbonyl (C=O) groups excluding carboxylic acids is 1. The number of aliphatic hydroxyl groups excluding tert-OH is 1. The third-order valence-corrected chi connectivity index (χ3v) is 5.87. The Morgan fingerprint density at radius 3 is 2.22 bits per heavy atom. The first-order valence-corrected chi connectivity index (χ1v) is 10.8. The van der Waals surface area contributed by atoms with Crippen LogP contribution in [0.25, 0.3) is 0 Å². The quantitative estimate of drug-likeness (QED) is 0.509. The zero-order chi connectivity index (χ0) is 23.2. The van der Waals surface area contributed by atoms with Gasteiger partial charge in [-0.15, -0.1) is 0 Å². The number of amides is 1. The van der Waals surface area contributed by atoms with Gasteiger partial charge in [0.2, 0.25) is 5.91 Å². The minimum atomic E-state index is -0.999. The van der Waals surface area contributed by atoms with Gasteiger partial charge in [-0.1, -0.05) is 56.3 Å². The third kappa shape index (κ3) is 5.74. The van der Waals surface area contributed by atoms with Crippen LogP contribution in [0.5, 0.6) is 5.75 Å². The Hall–Kier alpha value is -3.18. The van der Waals surface area contributed by atoms with Crippen LogP contribution in [0.15, 0.2) is 79.1 Å². The van der Waals surface area contributed by atoms with E-state index in [4.69, 9.17) is 4.74 Å². The van der Waals surface area contributed by atoms with Crippen LogP contribution in [0.1, 0.15) is 50.5 Å². The molecule has 0 radical (unpaired) electrons. The zero-order valence-corrected chi connectivity index (χ0v) is 19.2. The summed E-state index contributed by atoms with van der Waals surface area (Å²) in [6, 6.07) is 21.1. The number of nitrogens with zero attached hydrogens (tertiary/aromatic N) is 1. The Kier molecular flexibility index (Phi) is 7.31. The van der Waals surface area contributed by atoms with Crippen molar-refractivity contribution >= 4 is 5.91 Å². The molecule has 5 nitrogen and oxygen atoms in total. The third-order valence-electron chi connectivity index (χ3n) is 5.87. The van der Waals surface area contributed by atoms with Crippen molar-refractivity contribution in [3.05, 3.63) is 95.8 Å². The lowest BCUT2D eigenvalue weighted by Crippen LogP contribution is -2.45. The van der Waals surface area contributed by atoms with E-state index in [1.165, 1.54) is 0 Å². The van der Waals surface area contributed by atoms with Gasteiger partial charge in [0.25, 0.3) is 0 Å². The van der Waals surface area contributed by atoms with Crippen LogP contribution in [0.4, 0.5) is 0 Å². The summed E-state index contributed by atoms with van der Waals surface area (Å²) in [6.45, 7) is 8.58. The van der Waals surface area contributed by atoms with Crippen LogP contribution in [-0.2, 0) is 16.8 Å². The first-order chi connectivity index (χ1) is 15.2. The van der Waals surface area contributed by atoms with E-state index >= 15 is 0 Å². The second-order valence-corrected chi connectivity index (χ2v) is 9.27. The highest BCUT2D eigenvalue weighted by Gasteiger charge is 2.37. The van der Waals surface area contributed by atoms with Crippen molar-refractivity contribution in [1.82, 2.24) is 10.3 Å². The summed E-state index contributed by atoms with van der Waals surface area (Å²) in [5.74, 6) is 0.516. The van der Waals surface area contributed by atoms with E-state index in [0.29, 0.717) is 24.5 Å². The first kappa shape index (κ1) is 23.5. The number of ether oxygens (including phenoxy) is 1. The SMILES string of the molecule is CC(C)(CNC(=O)C(C)(C)C(O)c1ccc(OCc2ccccc2)cc1)c1ccncc1. The lowest BCUT2D eigenvalue weighted by molar-refractivity contribution is -0.135. The maximum atomic E-state index is 13.0. The predicted octanol–water partition coefficient (Wildman–Crippen LogP) is 4.81. The summed E-state index contributed by atoms with van der Waals surface area (Å²) >= 11 is 0. The predicted molar refractivity (Wildman–Crippen MR) is 126 cm³/mol. The molecule has 168 valence electrons. The van der Waals surface area contributed by atoms with E-state index in [1.54, 1.807) is 38.4 Å².